The fourth-order valence-corrected chi connectivity index (χ4v) is 4.75. The minimum absolute atomic E-state index is 0.0738. The number of hydrogen-bond donors (Lipinski definition) is 1. The van der Waals surface area contributed by atoms with Crippen LogP contribution in [0.25, 0.3) is 0 Å². The summed E-state index contributed by atoms with van der Waals surface area (Å²) in [6, 6.07) is 13.2. The van der Waals surface area contributed by atoms with Crippen molar-refractivity contribution in [1.29, 1.82) is 0 Å². The SMILES string of the molecule is CCc1nc(N[C@H]2c3ccccc3CCC2OC(=O)c2ccc([N+](=O)[O-])cc2)c(CC)nc1Br. The van der Waals surface area contributed by atoms with Crippen molar-refractivity contribution in [1.82, 2.24) is 9.97 Å². The first kappa shape index (κ1) is 23.8. The zero-order valence-corrected chi connectivity index (χ0v) is 20.5. The monoisotopic (exact) mass is 524 g/mol. The van der Waals surface area contributed by atoms with Gasteiger partial charge in [-0.25, -0.2) is 14.8 Å². The number of aromatic nitrogens is 2. The van der Waals surface area contributed by atoms with Crippen LogP contribution >= 0.6 is 15.9 Å². The van der Waals surface area contributed by atoms with Gasteiger partial charge in [-0.2, -0.15) is 0 Å². The molecule has 4 rings (SSSR count). The standard InChI is InChI=1S/C25H25BrN4O4/c1-3-19-23(26)27-20(4-2)24(28-19)29-22-18-8-6-5-7-15(18)11-14-21(22)34-25(31)16-9-12-17(13-10-16)30(32)33/h5-10,12-13,21-22H,3-4,11,14H2,1-2H3,(H,28,29)/t21?,22-/m0/s1. The summed E-state index contributed by atoms with van der Waals surface area (Å²) in [7, 11) is 0. The van der Waals surface area contributed by atoms with E-state index in [0.29, 0.717) is 18.7 Å². The fourth-order valence-electron chi connectivity index (χ4n) is 4.17. The molecule has 9 heteroatoms. The van der Waals surface area contributed by atoms with Crippen LogP contribution in [0.15, 0.2) is 53.1 Å². The molecule has 176 valence electrons. The first-order chi connectivity index (χ1) is 16.4. The molecule has 0 spiro atoms. The maximum atomic E-state index is 12.9. The first-order valence-electron chi connectivity index (χ1n) is 11.3. The van der Waals surface area contributed by atoms with Crippen LogP contribution < -0.4 is 5.32 Å². The van der Waals surface area contributed by atoms with Crippen molar-refractivity contribution in [2.45, 2.75) is 51.7 Å². The molecule has 1 aliphatic rings. The maximum Gasteiger partial charge on any atom is 0.338 e. The number of nitrogens with zero attached hydrogens (tertiary/aromatic N) is 3. The number of nitrogens with one attached hydrogen (secondary N) is 1. The Balaban J connectivity index is 1.65. The quantitative estimate of drug-likeness (QED) is 0.243. The molecule has 1 N–H and O–H groups in total. The molecule has 1 unspecified atom stereocenters. The van der Waals surface area contributed by atoms with Gasteiger partial charge in [-0.1, -0.05) is 38.1 Å². The summed E-state index contributed by atoms with van der Waals surface area (Å²) in [4.78, 5) is 32.8. The lowest BCUT2D eigenvalue weighted by molar-refractivity contribution is -0.384. The van der Waals surface area contributed by atoms with E-state index in [4.69, 9.17) is 9.72 Å². The van der Waals surface area contributed by atoms with E-state index in [1.165, 1.54) is 29.8 Å². The highest BCUT2D eigenvalue weighted by molar-refractivity contribution is 9.10. The van der Waals surface area contributed by atoms with Crippen LogP contribution in [-0.2, 0) is 24.0 Å². The predicted octanol–water partition coefficient (Wildman–Crippen LogP) is 5.60. The van der Waals surface area contributed by atoms with Crippen molar-refractivity contribution in [3.63, 3.8) is 0 Å². The van der Waals surface area contributed by atoms with Crippen LogP contribution in [0.1, 0.15) is 59.2 Å². The highest BCUT2D eigenvalue weighted by atomic mass is 79.9. The topological polar surface area (TPSA) is 107 Å². The molecule has 0 saturated carbocycles. The van der Waals surface area contributed by atoms with Crippen LogP contribution in [-0.4, -0.2) is 27.0 Å². The van der Waals surface area contributed by atoms with E-state index < -0.39 is 17.0 Å². The van der Waals surface area contributed by atoms with E-state index in [2.05, 4.69) is 32.3 Å². The van der Waals surface area contributed by atoms with Gasteiger partial charge in [0.15, 0.2) is 0 Å². The van der Waals surface area contributed by atoms with Gasteiger partial charge in [-0.15, -0.1) is 0 Å². The number of non-ortho nitro benzene ring substituents is 1. The Morgan fingerprint density at radius 3 is 2.50 bits per heavy atom. The first-order valence-corrected chi connectivity index (χ1v) is 12.1. The normalized spacial score (nSPS) is 17.0. The summed E-state index contributed by atoms with van der Waals surface area (Å²) in [5, 5.41) is 14.4. The average Bonchev–Trinajstić information content (AvgIpc) is 2.85. The molecule has 2 atom stereocenters. The number of anilines is 1. The number of ether oxygens (including phenoxy) is 1. The molecule has 0 bridgehead atoms. The second-order valence-corrected chi connectivity index (χ2v) is 8.82. The van der Waals surface area contributed by atoms with Crippen LogP contribution in [0.5, 0.6) is 0 Å². The summed E-state index contributed by atoms with van der Waals surface area (Å²) >= 11 is 3.50. The molecule has 0 amide bonds. The van der Waals surface area contributed by atoms with Gasteiger partial charge in [0.1, 0.15) is 16.5 Å². The highest BCUT2D eigenvalue weighted by Gasteiger charge is 2.33. The Hall–Kier alpha value is -3.33. The van der Waals surface area contributed by atoms with E-state index in [1.54, 1.807) is 0 Å². The molecule has 0 saturated heterocycles. The Kier molecular flexibility index (Phi) is 7.21. The molecule has 3 aromatic rings. The Morgan fingerprint density at radius 2 is 1.82 bits per heavy atom. The van der Waals surface area contributed by atoms with Crippen molar-refractivity contribution in [2.24, 2.45) is 0 Å². The number of esters is 1. The second kappa shape index (κ2) is 10.3. The molecule has 34 heavy (non-hydrogen) atoms. The van der Waals surface area contributed by atoms with Crippen molar-refractivity contribution >= 4 is 33.4 Å². The molecule has 0 aliphatic heterocycles. The molecule has 1 aliphatic carbocycles. The molecule has 1 heterocycles. The molecule has 8 nitrogen and oxygen atoms in total. The molecular weight excluding hydrogens is 500 g/mol. The summed E-state index contributed by atoms with van der Waals surface area (Å²) in [6.45, 7) is 4.04. The van der Waals surface area contributed by atoms with Crippen LogP contribution in [0.2, 0.25) is 0 Å². The largest absolute Gasteiger partial charge is 0.456 e. The summed E-state index contributed by atoms with van der Waals surface area (Å²) in [6.07, 6.45) is 2.39. The van der Waals surface area contributed by atoms with Crippen molar-refractivity contribution in [2.75, 3.05) is 5.32 Å². The third kappa shape index (κ3) is 4.94. The van der Waals surface area contributed by atoms with Crippen LogP contribution in [0.4, 0.5) is 11.5 Å². The van der Waals surface area contributed by atoms with Gasteiger partial charge < -0.3 is 10.1 Å². The zero-order chi connectivity index (χ0) is 24.2. The van der Waals surface area contributed by atoms with Crippen molar-refractivity contribution < 1.29 is 14.5 Å². The van der Waals surface area contributed by atoms with Gasteiger partial charge in [-0.3, -0.25) is 10.1 Å². The number of carbonyl (C=O) groups excluding carboxylic acids is 1. The summed E-state index contributed by atoms with van der Waals surface area (Å²) in [5.41, 5.74) is 4.13. The number of nitro groups is 1. The van der Waals surface area contributed by atoms with Crippen LogP contribution in [0.3, 0.4) is 0 Å². The van der Waals surface area contributed by atoms with Gasteiger partial charge in [0.05, 0.1) is 27.9 Å². The lowest BCUT2D eigenvalue weighted by Crippen LogP contribution is -2.35. The number of rotatable bonds is 7. The number of aryl methyl sites for hydroxylation is 3. The number of fused-ring (bicyclic) bond motifs is 1. The lowest BCUT2D eigenvalue weighted by Gasteiger charge is -2.34. The van der Waals surface area contributed by atoms with Gasteiger partial charge in [0.25, 0.3) is 5.69 Å². The molecular formula is C25H25BrN4O4. The summed E-state index contributed by atoms with van der Waals surface area (Å²) in [5.74, 6) is 0.165. The zero-order valence-electron chi connectivity index (χ0n) is 19.0. The van der Waals surface area contributed by atoms with Crippen molar-refractivity contribution in [3.8, 4) is 0 Å². The number of halogens is 1. The molecule has 1 aromatic heterocycles. The lowest BCUT2D eigenvalue weighted by atomic mass is 9.85. The number of benzene rings is 2. The van der Waals surface area contributed by atoms with E-state index in [0.717, 1.165) is 34.4 Å². The number of nitro benzene ring substituents is 1. The van der Waals surface area contributed by atoms with E-state index in [-0.39, 0.29) is 17.3 Å². The number of hydrogen-bond acceptors (Lipinski definition) is 7. The Labute approximate surface area is 206 Å². The minimum atomic E-state index is -0.516. The molecule has 0 radical (unpaired) electrons. The van der Waals surface area contributed by atoms with E-state index in [1.807, 2.05) is 32.0 Å². The van der Waals surface area contributed by atoms with Crippen LogP contribution in [0, 0.1) is 10.1 Å². The van der Waals surface area contributed by atoms with Gasteiger partial charge >= 0.3 is 5.97 Å². The minimum Gasteiger partial charge on any atom is -0.456 e. The van der Waals surface area contributed by atoms with Gasteiger partial charge in [0, 0.05) is 12.1 Å². The second-order valence-electron chi connectivity index (χ2n) is 8.07. The Bertz CT molecular complexity index is 1220. The third-order valence-corrected chi connectivity index (χ3v) is 6.62. The van der Waals surface area contributed by atoms with Crippen molar-refractivity contribution in [3.05, 3.63) is 91.3 Å². The third-order valence-electron chi connectivity index (χ3n) is 5.99. The fraction of sp³-hybridized carbons (Fsp3) is 0.320. The molecule has 2 aromatic carbocycles. The average molecular weight is 525 g/mol. The highest BCUT2D eigenvalue weighted by Crippen LogP contribution is 2.36. The van der Waals surface area contributed by atoms with E-state index >= 15 is 0 Å². The maximum absolute atomic E-state index is 12.9. The van der Waals surface area contributed by atoms with Gasteiger partial charge in [-0.05, 0) is 64.9 Å². The number of carbonyl (C=O) groups is 1. The smallest absolute Gasteiger partial charge is 0.338 e. The summed E-state index contributed by atoms with van der Waals surface area (Å²) < 4.78 is 6.68. The molecule has 0 fully saturated rings. The van der Waals surface area contributed by atoms with E-state index in [9.17, 15) is 14.9 Å². The Morgan fingerprint density at radius 1 is 1.12 bits per heavy atom. The predicted molar refractivity (Wildman–Crippen MR) is 132 cm³/mol. The van der Waals surface area contributed by atoms with Gasteiger partial charge in [0.2, 0.25) is 0 Å².